The number of H-pyrrole nitrogens is 1. The maximum atomic E-state index is 13.6. The van der Waals surface area contributed by atoms with Gasteiger partial charge in [0.05, 0.1) is 18.8 Å². The fourth-order valence-electron chi connectivity index (χ4n) is 3.39. The van der Waals surface area contributed by atoms with Crippen molar-refractivity contribution in [1.82, 2.24) is 4.98 Å². The highest BCUT2D eigenvalue weighted by atomic mass is 19.1. The van der Waals surface area contributed by atoms with Crippen LogP contribution in [0, 0.1) is 12.7 Å². The predicted octanol–water partition coefficient (Wildman–Crippen LogP) is 3.70. The summed E-state index contributed by atoms with van der Waals surface area (Å²) in [5, 5.41) is 3.52. The molecule has 26 heavy (non-hydrogen) atoms. The van der Waals surface area contributed by atoms with E-state index < -0.39 is 0 Å². The second kappa shape index (κ2) is 6.80. The Morgan fingerprint density at radius 2 is 2.00 bits per heavy atom. The molecule has 1 saturated heterocycles. The third-order valence-electron chi connectivity index (χ3n) is 4.66. The maximum absolute atomic E-state index is 13.6. The fraction of sp³-hybridized carbons (Fsp3) is 0.250. The largest absolute Gasteiger partial charge is 0.378 e. The van der Waals surface area contributed by atoms with E-state index in [0.717, 1.165) is 24.3 Å². The van der Waals surface area contributed by atoms with E-state index in [4.69, 9.17) is 4.74 Å². The van der Waals surface area contributed by atoms with Gasteiger partial charge >= 0.3 is 0 Å². The first-order valence-electron chi connectivity index (χ1n) is 8.64. The number of hydrogen-bond donors (Lipinski definition) is 2. The van der Waals surface area contributed by atoms with Gasteiger partial charge < -0.3 is 19.9 Å². The number of aromatic nitrogens is 1. The molecule has 0 bridgehead atoms. The van der Waals surface area contributed by atoms with Crippen LogP contribution in [0.15, 0.2) is 42.5 Å². The van der Waals surface area contributed by atoms with Gasteiger partial charge in [-0.05, 0) is 43.3 Å². The molecule has 0 saturated carbocycles. The van der Waals surface area contributed by atoms with Gasteiger partial charge in [-0.1, -0.05) is 6.07 Å². The van der Waals surface area contributed by atoms with Crippen LogP contribution >= 0.6 is 0 Å². The SMILES string of the molecule is Cc1[nH]c2ccc(F)cc2c1C(=O)Nc1cccc(N2CCOCC2)c1. The number of ether oxygens (including phenoxy) is 1. The van der Waals surface area contributed by atoms with Crippen molar-refractivity contribution < 1.29 is 13.9 Å². The van der Waals surface area contributed by atoms with Crippen molar-refractivity contribution in [2.24, 2.45) is 0 Å². The monoisotopic (exact) mass is 353 g/mol. The number of rotatable bonds is 3. The topological polar surface area (TPSA) is 57.4 Å². The Balaban J connectivity index is 1.61. The molecule has 0 spiro atoms. The number of carbonyl (C=O) groups excluding carboxylic acids is 1. The summed E-state index contributed by atoms with van der Waals surface area (Å²) in [6.07, 6.45) is 0. The van der Waals surface area contributed by atoms with Crippen LogP contribution in [0.4, 0.5) is 15.8 Å². The molecule has 0 atom stereocenters. The van der Waals surface area contributed by atoms with E-state index in [-0.39, 0.29) is 11.7 Å². The number of nitrogens with zero attached hydrogens (tertiary/aromatic N) is 1. The average Bonchev–Trinajstić information content (AvgIpc) is 2.97. The van der Waals surface area contributed by atoms with Gasteiger partial charge in [0, 0.05) is 41.1 Å². The average molecular weight is 353 g/mol. The van der Waals surface area contributed by atoms with Gasteiger partial charge in [-0.25, -0.2) is 4.39 Å². The number of anilines is 2. The molecule has 0 unspecified atom stereocenters. The van der Waals surface area contributed by atoms with Crippen LogP contribution in [0.1, 0.15) is 16.1 Å². The molecule has 2 N–H and O–H groups in total. The lowest BCUT2D eigenvalue weighted by Gasteiger charge is -2.29. The second-order valence-corrected chi connectivity index (χ2v) is 6.42. The minimum atomic E-state index is -0.361. The number of benzene rings is 2. The predicted molar refractivity (Wildman–Crippen MR) is 100 cm³/mol. The Labute approximate surface area is 150 Å². The lowest BCUT2D eigenvalue weighted by atomic mass is 10.1. The summed E-state index contributed by atoms with van der Waals surface area (Å²) in [6, 6.07) is 12.2. The van der Waals surface area contributed by atoms with Crippen LogP contribution in [-0.2, 0) is 4.74 Å². The number of amides is 1. The molecule has 1 aliphatic rings. The zero-order chi connectivity index (χ0) is 18.1. The van der Waals surface area contributed by atoms with Crippen molar-refractivity contribution in [3.8, 4) is 0 Å². The molecule has 5 nitrogen and oxygen atoms in total. The number of carbonyl (C=O) groups is 1. The lowest BCUT2D eigenvalue weighted by molar-refractivity contribution is 0.102. The van der Waals surface area contributed by atoms with Crippen LogP contribution in [0.5, 0.6) is 0 Å². The van der Waals surface area contributed by atoms with Crippen LogP contribution in [0.3, 0.4) is 0 Å². The standard InChI is InChI=1S/C20H20FN3O2/c1-13-19(17-11-14(21)5-6-18(17)22-13)20(25)23-15-3-2-4-16(12-15)24-7-9-26-10-8-24/h2-6,11-12,22H,7-10H2,1H3,(H,23,25). The summed E-state index contributed by atoms with van der Waals surface area (Å²) in [5.41, 5.74) is 3.69. The van der Waals surface area contributed by atoms with Crippen LogP contribution < -0.4 is 10.2 Å². The summed E-state index contributed by atoms with van der Waals surface area (Å²) in [7, 11) is 0. The van der Waals surface area contributed by atoms with Crippen LogP contribution in [-0.4, -0.2) is 37.2 Å². The number of halogens is 1. The molecular weight excluding hydrogens is 333 g/mol. The van der Waals surface area contributed by atoms with Gasteiger partial charge in [-0.2, -0.15) is 0 Å². The summed E-state index contributed by atoms with van der Waals surface area (Å²) in [6.45, 7) is 4.89. The fourth-order valence-corrected chi connectivity index (χ4v) is 3.39. The summed E-state index contributed by atoms with van der Waals surface area (Å²) >= 11 is 0. The maximum Gasteiger partial charge on any atom is 0.258 e. The van der Waals surface area contributed by atoms with E-state index in [1.807, 2.05) is 31.2 Å². The quantitative estimate of drug-likeness (QED) is 0.755. The molecule has 1 aliphatic heterocycles. The van der Waals surface area contributed by atoms with Crippen molar-refractivity contribution in [1.29, 1.82) is 0 Å². The van der Waals surface area contributed by atoms with Crippen molar-refractivity contribution in [3.05, 3.63) is 59.5 Å². The molecular formula is C20H20FN3O2. The molecule has 2 heterocycles. The van der Waals surface area contributed by atoms with Gasteiger partial charge in [-0.15, -0.1) is 0 Å². The molecule has 3 aromatic rings. The van der Waals surface area contributed by atoms with Gasteiger partial charge in [-0.3, -0.25) is 4.79 Å². The minimum Gasteiger partial charge on any atom is -0.378 e. The molecule has 0 aliphatic carbocycles. The molecule has 1 fully saturated rings. The molecule has 2 aromatic carbocycles. The molecule has 1 aromatic heterocycles. The highest BCUT2D eigenvalue weighted by Gasteiger charge is 2.17. The number of aromatic amines is 1. The molecule has 6 heteroatoms. The number of nitrogens with one attached hydrogen (secondary N) is 2. The summed E-state index contributed by atoms with van der Waals surface area (Å²) < 4.78 is 19.0. The third kappa shape index (κ3) is 3.15. The normalized spacial score (nSPS) is 14.6. The Morgan fingerprint density at radius 1 is 1.19 bits per heavy atom. The van der Waals surface area contributed by atoms with E-state index in [1.165, 1.54) is 12.1 Å². The van der Waals surface area contributed by atoms with Gasteiger partial charge in [0.1, 0.15) is 5.82 Å². The van der Waals surface area contributed by atoms with Crippen LogP contribution in [0.25, 0.3) is 10.9 Å². The Kier molecular flexibility index (Phi) is 4.34. The summed E-state index contributed by atoms with van der Waals surface area (Å²) in [5.74, 6) is -0.613. The Morgan fingerprint density at radius 3 is 2.81 bits per heavy atom. The smallest absolute Gasteiger partial charge is 0.258 e. The Bertz CT molecular complexity index is 961. The zero-order valence-corrected chi connectivity index (χ0v) is 14.5. The number of fused-ring (bicyclic) bond motifs is 1. The van der Waals surface area contributed by atoms with Gasteiger partial charge in [0.25, 0.3) is 5.91 Å². The number of aryl methyl sites for hydroxylation is 1. The lowest BCUT2D eigenvalue weighted by Crippen LogP contribution is -2.36. The van der Waals surface area contributed by atoms with E-state index in [0.29, 0.717) is 35.5 Å². The van der Waals surface area contributed by atoms with E-state index in [9.17, 15) is 9.18 Å². The first kappa shape index (κ1) is 16.6. The highest BCUT2D eigenvalue weighted by Crippen LogP contribution is 2.25. The molecule has 134 valence electrons. The summed E-state index contributed by atoms with van der Waals surface area (Å²) in [4.78, 5) is 18.2. The molecule has 4 rings (SSSR count). The first-order chi connectivity index (χ1) is 12.6. The van der Waals surface area contributed by atoms with E-state index in [1.54, 1.807) is 6.07 Å². The van der Waals surface area contributed by atoms with Gasteiger partial charge in [0.2, 0.25) is 0 Å². The molecule has 1 amide bonds. The van der Waals surface area contributed by atoms with Crippen LogP contribution in [0.2, 0.25) is 0 Å². The molecule has 0 radical (unpaired) electrons. The van der Waals surface area contributed by atoms with Crippen molar-refractivity contribution in [2.45, 2.75) is 6.92 Å². The third-order valence-corrected chi connectivity index (χ3v) is 4.66. The Hall–Kier alpha value is -2.86. The zero-order valence-electron chi connectivity index (χ0n) is 14.5. The highest BCUT2D eigenvalue weighted by molar-refractivity contribution is 6.14. The van der Waals surface area contributed by atoms with Crippen molar-refractivity contribution >= 4 is 28.2 Å². The number of morpholine rings is 1. The van der Waals surface area contributed by atoms with Crippen molar-refractivity contribution in [2.75, 3.05) is 36.5 Å². The van der Waals surface area contributed by atoms with Gasteiger partial charge in [0.15, 0.2) is 0 Å². The van der Waals surface area contributed by atoms with E-state index in [2.05, 4.69) is 15.2 Å². The minimum absolute atomic E-state index is 0.251. The van der Waals surface area contributed by atoms with Crippen molar-refractivity contribution in [3.63, 3.8) is 0 Å². The number of hydrogen-bond acceptors (Lipinski definition) is 3. The van der Waals surface area contributed by atoms with E-state index >= 15 is 0 Å². The second-order valence-electron chi connectivity index (χ2n) is 6.42. The first-order valence-corrected chi connectivity index (χ1v) is 8.64.